The Bertz CT molecular complexity index is 468. The number of hydrogen-bond acceptors (Lipinski definition) is 3. The van der Waals surface area contributed by atoms with Crippen molar-refractivity contribution in [1.29, 1.82) is 0 Å². The molecule has 1 aromatic rings. The molecule has 0 bridgehead atoms. The smallest absolute Gasteiger partial charge is 0.241 e. The van der Waals surface area contributed by atoms with E-state index in [1.807, 2.05) is 0 Å². The highest BCUT2D eigenvalue weighted by atomic mass is 32.2. The van der Waals surface area contributed by atoms with Crippen LogP contribution >= 0.6 is 0 Å². The maximum absolute atomic E-state index is 12.1. The number of hydrogen-bond donors (Lipinski definition) is 2. The maximum atomic E-state index is 12.1. The van der Waals surface area contributed by atoms with E-state index in [-0.39, 0.29) is 10.9 Å². The van der Waals surface area contributed by atoms with Crippen LogP contribution in [0, 0.1) is 6.92 Å². The molecular formula is C12H19NO3S. The number of aryl methyl sites for hydroxylation is 1. The van der Waals surface area contributed by atoms with Gasteiger partial charge in [0, 0.05) is 6.04 Å². The van der Waals surface area contributed by atoms with E-state index in [4.69, 9.17) is 0 Å². The largest absolute Gasteiger partial charge is 0.393 e. The van der Waals surface area contributed by atoms with E-state index >= 15 is 0 Å². The van der Waals surface area contributed by atoms with Crippen LogP contribution in [0.1, 0.15) is 25.8 Å². The van der Waals surface area contributed by atoms with Gasteiger partial charge in [0.2, 0.25) is 10.0 Å². The SMILES string of the molecule is Cc1ccccc1S(=O)(=O)NC(C)CC(C)O. The lowest BCUT2D eigenvalue weighted by Gasteiger charge is -2.16. The minimum Gasteiger partial charge on any atom is -0.393 e. The summed E-state index contributed by atoms with van der Waals surface area (Å²) < 4.78 is 26.7. The van der Waals surface area contributed by atoms with E-state index in [0.29, 0.717) is 12.0 Å². The fourth-order valence-corrected chi connectivity index (χ4v) is 3.25. The minimum absolute atomic E-state index is 0.289. The zero-order valence-corrected chi connectivity index (χ0v) is 11.2. The normalized spacial score (nSPS) is 15.5. The monoisotopic (exact) mass is 257 g/mol. The number of aliphatic hydroxyl groups is 1. The molecule has 2 N–H and O–H groups in total. The summed E-state index contributed by atoms with van der Waals surface area (Å²) in [5.41, 5.74) is 0.712. The van der Waals surface area contributed by atoms with Crippen molar-refractivity contribution in [3.05, 3.63) is 29.8 Å². The number of rotatable bonds is 5. The second-order valence-electron chi connectivity index (χ2n) is 4.37. The summed E-state index contributed by atoms with van der Waals surface area (Å²) in [6, 6.07) is 6.54. The molecule has 4 nitrogen and oxygen atoms in total. The molecule has 1 rings (SSSR count). The molecule has 17 heavy (non-hydrogen) atoms. The standard InChI is InChI=1S/C12H19NO3S/c1-9-6-4-5-7-12(9)17(15,16)13-10(2)8-11(3)14/h4-7,10-11,13-14H,8H2,1-3H3. The third-order valence-electron chi connectivity index (χ3n) is 2.43. The number of aliphatic hydroxyl groups excluding tert-OH is 1. The fraction of sp³-hybridized carbons (Fsp3) is 0.500. The molecular weight excluding hydrogens is 238 g/mol. The Labute approximate surface area is 103 Å². The van der Waals surface area contributed by atoms with Crippen molar-refractivity contribution in [3.8, 4) is 0 Å². The van der Waals surface area contributed by atoms with Crippen LogP contribution in [0.5, 0.6) is 0 Å². The van der Waals surface area contributed by atoms with E-state index in [1.54, 1.807) is 45.0 Å². The second-order valence-corrected chi connectivity index (χ2v) is 6.05. The Kier molecular flexibility index (Phi) is 4.68. The van der Waals surface area contributed by atoms with Crippen molar-refractivity contribution >= 4 is 10.0 Å². The molecule has 96 valence electrons. The molecule has 1 aromatic carbocycles. The molecule has 2 atom stereocenters. The molecule has 0 amide bonds. The number of nitrogens with one attached hydrogen (secondary N) is 1. The average Bonchev–Trinajstić information content (AvgIpc) is 2.15. The van der Waals surface area contributed by atoms with Crippen LogP contribution < -0.4 is 4.72 Å². The first kappa shape index (κ1) is 14.2. The van der Waals surface area contributed by atoms with Crippen LogP contribution in [-0.4, -0.2) is 25.7 Å². The summed E-state index contributed by atoms with van der Waals surface area (Å²) in [7, 11) is -3.50. The molecule has 5 heteroatoms. The Morgan fingerprint density at radius 3 is 2.41 bits per heavy atom. The molecule has 2 unspecified atom stereocenters. The van der Waals surface area contributed by atoms with Gasteiger partial charge in [-0.3, -0.25) is 0 Å². The van der Waals surface area contributed by atoms with Gasteiger partial charge in [-0.25, -0.2) is 13.1 Å². The first-order valence-electron chi connectivity index (χ1n) is 5.59. The summed E-state index contributed by atoms with van der Waals surface area (Å²) >= 11 is 0. The van der Waals surface area contributed by atoms with Crippen LogP contribution in [0.2, 0.25) is 0 Å². The van der Waals surface area contributed by atoms with E-state index in [2.05, 4.69) is 4.72 Å². The van der Waals surface area contributed by atoms with Crippen molar-refractivity contribution in [3.63, 3.8) is 0 Å². The summed E-state index contributed by atoms with van der Waals surface area (Å²) in [6.45, 7) is 5.13. The molecule has 0 heterocycles. The van der Waals surface area contributed by atoms with Crippen molar-refractivity contribution in [2.75, 3.05) is 0 Å². The van der Waals surface area contributed by atoms with Gasteiger partial charge in [0.15, 0.2) is 0 Å². The Morgan fingerprint density at radius 1 is 1.29 bits per heavy atom. The molecule has 0 aliphatic carbocycles. The Morgan fingerprint density at radius 2 is 1.88 bits per heavy atom. The van der Waals surface area contributed by atoms with Crippen molar-refractivity contribution in [2.45, 2.75) is 44.2 Å². The molecule has 0 fully saturated rings. The van der Waals surface area contributed by atoms with Gasteiger partial charge in [0.25, 0.3) is 0 Å². The van der Waals surface area contributed by atoms with Crippen LogP contribution in [0.3, 0.4) is 0 Å². The molecule has 0 aliphatic rings. The van der Waals surface area contributed by atoms with E-state index in [0.717, 1.165) is 0 Å². The molecule has 0 saturated heterocycles. The molecule has 0 spiro atoms. The second kappa shape index (κ2) is 5.62. The topological polar surface area (TPSA) is 66.4 Å². The first-order chi connectivity index (χ1) is 7.83. The lowest BCUT2D eigenvalue weighted by Crippen LogP contribution is -2.34. The summed E-state index contributed by atoms with van der Waals surface area (Å²) in [4.78, 5) is 0.289. The van der Waals surface area contributed by atoms with Gasteiger partial charge in [-0.05, 0) is 38.8 Å². The van der Waals surface area contributed by atoms with E-state index in [1.165, 1.54) is 0 Å². The lowest BCUT2D eigenvalue weighted by molar-refractivity contribution is 0.175. The van der Waals surface area contributed by atoms with Gasteiger partial charge in [0.1, 0.15) is 0 Å². The van der Waals surface area contributed by atoms with Crippen molar-refractivity contribution in [2.24, 2.45) is 0 Å². The van der Waals surface area contributed by atoms with Crippen molar-refractivity contribution in [1.82, 2.24) is 4.72 Å². The van der Waals surface area contributed by atoms with Gasteiger partial charge in [0.05, 0.1) is 11.0 Å². The third kappa shape index (κ3) is 4.11. The molecule has 0 aliphatic heterocycles. The van der Waals surface area contributed by atoms with Crippen LogP contribution in [0.15, 0.2) is 29.2 Å². The fourth-order valence-electron chi connectivity index (χ4n) is 1.75. The quantitative estimate of drug-likeness (QED) is 0.838. The number of benzene rings is 1. The summed E-state index contributed by atoms with van der Waals surface area (Å²) in [5.74, 6) is 0. The van der Waals surface area contributed by atoms with E-state index < -0.39 is 16.1 Å². The van der Waals surface area contributed by atoms with Gasteiger partial charge >= 0.3 is 0 Å². The molecule has 0 radical (unpaired) electrons. The highest BCUT2D eigenvalue weighted by Crippen LogP contribution is 2.14. The highest BCUT2D eigenvalue weighted by Gasteiger charge is 2.19. The Balaban J connectivity index is 2.86. The predicted octanol–water partition coefficient (Wildman–Crippen LogP) is 1.43. The first-order valence-corrected chi connectivity index (χ1v) is 7.07. The van der Waals surface area contributed by atoms with Crippen LogP contribution in [0.4, 0.5) is 0 Å². The minimum atomic E-state index is -3.50. The van der Waals surface area contributed by atoms with Crippen LogP contribution in [-0.2, 0) is 10.0 Å². The maximum Gasteiger partial charge on any atom is 0.241 e. The zero-order chi connectivity index (χ0) is 13.1. The zero-order valence-electron chi connectivity index (χ0n) is 10.3. The van der Waals surface area contributed by atoms with E-state index in [9.17, 15) is 13.5 Å². The lowest BCUT2D eigenvalue weighted by atomic mass is 10.2. The Hall–Kier alpha value is -0.910. The van der Waals surface area contributed by atoms with Gasteiger partial charge in [-0.2, -0.15) is 0 Å². The summed E-state index contributed by atoms with van der Waals surface area (Å²) in [5, 5.41) is 9.21. The van der Waals surface area contributed by atoms with Gasteiger partial charge in [-0.1, -0.05) is 18.2 Å². The predicted molar refractivity (Wildman–Crippen MR) is 67.3 cm³/mol. The van der Waals surface area contributed by atoms with Gasteiger partial charge in [-0.15, -0.1) is 0 Å². The molecule has 0 saturated carbocycles. The number of sulfonamides is 1. The van der Waals surface area contributed by atoms with Crippen molar-refractivity contribution < 1.29 is 13.5 Å². The molecule has 0 aromatic heterocycles. The third-order valence-corrected chi connectivity index (χ3v) is 4.18. The highest BCUT2D eigenvalue weighted by molar-refractivity contribution is 7.89. The van der Waals surface area contributed by atoms with Gasteiger partial charge < -0.3 is 5.11 Å². The average molecular weight is 257 g/mol. The van der Waals surface area contributed by atoms with Crippen LogP contribution in [0.25, 0.3) is 0 Å². The summed E-state index contributed by atoms with van der Waals surface area (Å²) in [6.07, 6.45) is -0.130.